The van der Waals surface area contributed by atoms with Crippen LogP contribution in [0, 0.1) is 0 Å². The van der Waals surface area contributed by atoms with Crippen molar-refractivity contribution in [1.29, 1.82) is 0 Å². The molecule has 5 nitrogen and oxygen atoms in total. The van der Waals surface area contributed by atoms with Gasteiger partial charge in [0.15, 0.2) is 0 Å². The monoisotopic (exact) mass is 341 g/mol. The summed E-state index contributed by atoms with van der Waals surface area (Å²) in [5, 5.41) is 7.55. The number of pyridine rings is 1. The number of nitrogens with zero attached hydrogens (tertiary/aromatic N) is 4. The molecule has 1 fully saturated rings. The number of aromatic amines is 1. The van der Waals surface area contributed by atoms with E-state index >= 15 is 0 Å². The fourth-order valence-electron chi connectivity index (χ4n) is 2.44. The van der Waals surface area contributed by atoms with Crippen molar-refractivity contribution in [2.75, 3.05) is 18.0 Å². The molecule has 0 radical (unpaired) electrons. The highest BCUT2D eigenvalue weighted by Crippen LogP contribution is 2.32. The van der Waals surface area contributed by atoms with Crippen molar-refractivity contribution in [2.45, 2.75) is 18.8 Å². The first-order valence-corrected chi connectivity index (χ1v) is 7.32. The largest absolute Gasteiger partial charge is 0.355 e. The van der Waals surface area contributed by atoms with Gasteiger partial charge in [-0.05, 0) is 34.8 Å². The van der Waals surface area contributed by atoms with Crippen LogP contribution in [0.1, 0.15) is 24.6 Å². The molecule has 2 aromatic heterocycles. The minimum Gasteiger partial charge on any atom is -0.355 e. The first-order chi connectivity index (χ1) is 9.24. The van der Waals surface area contributed by atoms with Gasteiger partial charge in [-0.2, -0.15) is 5.10 Å². The number of rotatable bonds is 2. The average Bonchev–Trinajstić information content (AvgIpc) is 2.93. The highest BCUT2D eigenvalue weighted by Gasteiger charge is 2.25. The lowest BCUT2D eigenvalue weighted by atomic mass is 9.97. The molecule has 1 aliphatic heterocycles. The van der Waals surface area contributed by atoms with Crippen LogP contribution in [-0.4, -0.2) is 33.3 Å². The number of piperidine rings is 1. The van der Waals surface area contributed by atoms with Crippen LogP contribution in [0.2, 0.25) is 5.02 Å². The van der Waals surface area contributed by atoms with E-state index in [0.717, 1.165) is 42.0 Å². The Balaban J connectivity index is 1.81. The Morgan fingerprint density at radius 1 is 1.42 bits per heavy atom. The van der Waals surface area contributed by atoms with Crippen LogP contribution in [0.4, 0.5) is 5.82 Å². The van der Waals surface area contributed by atoms with Gasteiger partial charge in [0.1, 0.15) is 18.0 Å². The Kier molecular flexibility index (Phi) is 3.70. The first kappa shape index (κ1) is 12.9. The normalized spacial score (nSPS) is 19.7. The molecular weight excluding hydrogens is 330 g/mol. The number of halogens is 2. The summed E-state index contributed by atoms with van der Waals surface area (Å²) in [7, 11) is 0. The van der Waals surface area contributed by atoms with E-state index < -0.39 is 0 Å². The van der Waals surface area contributed by atoms with Crippen LogP contribution >= 0.6 is 27.5 Å². The number of hydrogen-bond acceptors (Lipinski definition) is 4. The molecule has 0 bridgehead atoms. The smallest absolute Gasteiger partial charge is 0.147 e. The van der Waals surface area contributed by atoms with Gasteiger partial charge < -0.3 is 4.90 Å². The maximum absolute atomic E-state index is 6.27. The number of aromatic nitrogens is 4. The number of H-pyrrole nitrogens is 1. The zero-order valence-electron chi connectivity index (χ0n) is 10.2. The van der Waals surface area contributed by atoms with Gasteiger partial charge in [0, 0.05) is 29.7 Å². The molecule has 0 unspecified atom stereocenters. The van der Waals surface area contributed by atoms with Gasteiger partial charge in [-0.3, -0.25) is 5.10 Å². The molecule has 0 aromatic carbocycles. The third kappa shape index (κ3) is 2.74. The molecule has 0 aliphatic carbocycles. The van der Waals surface area contributed by atoms with E-state index in [1.165, 1.54) is 0 Å². The van der Waals surface area contributed by atoms with Gasteiger partial charge in [-0.15, -0.1) is 0 Å². The van der Waals surface area contributed by atoms with E-state index in [-0.39, 0.29) is 0 Å². The topological polar surface area (TPSA) is 57.7 Å². The van der Waals surface area contributed by atoms with E-state index in [2.05, 4.69) is 41.0 Å². The number of hydrogen-bond donors (Lipinski definition) is 1. The fourth-order valence-corrected chi connectivity index (χ4v) is 3.19. The Hall–Kier alpha value is -1.14. The maximum Gasteiger partial charge on any atom is 0.147 e. The van der Waals surface area contributed by atoms with Crippen LogP contribution < -0.4 is 4.90 Å². The molecule has 1 atom stereocenters. The van der Waals surface area contributed by atoms with Crippen LogP contribution in [0.15, 0.2) is 23.1 Å². The molecule has 3 heterocycles. The van der Waals surface area contributed by atoms with Crippen LogP contribution in [0.3, 0.4) is 0 Å². The molecule has 2 aromatic rings. The Labute approximate surface area is 124 Å². The second-order valence-electron chi connectivity index (χ2n) is 4.61. The van der Waals surface area contributed by atoms with Crippen LogP contribution in [-0.2, 0) is 0 Å². The predicted octanol–water partition coefficient (Wildman–Crippen LogP) is 3.00. The van der Waals surface area contributed by atoms with Crippen LogP contribution in [0.25, 0.3) is 0 Å². The van der Waals surface area contributed by atoms with Gasteiger partial charge >= 0.3 is 0 Å². The highest BCUT2D eigenvalue weighted by atomic mass is 79.9. The summed E-state index contributed by atoms with van der Waals surface area (Å²) in [6, 6.07) is 1.88. The van der Waals surface area contributed by atoms with Crippen molar-refractivity contribution in [3.8, 4) is 0 Å². The van der Waals surface area contributed by atoms with E-state index in [1.54, 1.807) is 12.5 Å². The lowest BCUT2D eigenvalue weighted by molar-refractivity contribution is 0.490. The summed E-state index contributed by atoms with van der Waals surface area (Å²) >= 11 is 9.64. The summed E-state index contributed by atoms with van der Waals surface area (Å²) in [6.45, 7) is 1.84. The Bertz CT molecular complexity index is 559. The lowest BCUT2D eigenvalue weighted by Gasteiger charge is -2.33. The second kappa shape index (κ2) is 5.46. The third-order valence-corrected chi connectivity index (χ3v) is 4.04. The highest BCUT2D eigenvalue weighted by molar-refractivity contribution is 9.10. The van der Waals surface area contributed by atoms with E-state index in [0.29, 0.717) is 10.9 Å². The number of nitrogens with one attached hydrogen (secondary N) is 1. The van der Waals surface area contributed by atoms with Crippen LogP contribution in [0.5, 0.6) is 0 Å². The van der Waals surface area contributed by atoms with E-state index in [1.807, 2.05) is 6.07 Å². The molecule has 7 heteroatoms. The minimum atomic E-state index is 0.359. The summed E-state index contributed by atoms with van der Waals surface area (Å²) < 4.78 is 0.894. The molecular formula is C12H13BrClN5. The van der Waals surface area contributed by atoms with Crippen molar-refractivity contribution in [2.24, 2.45) is 0 Å². The third-order valence-electron chi connectivity index (χ3n) is 3.33. The standard InChI is InChI=1S/C12H13BrClN5/c13-9-4-10(14)12(15-5-9)19-3-1-2-8(6-19)11-16-7-17-18-11/h4-5,7-8H,1-3,6H2,(H,16,17,18)/t8-/m0/s1. The summed E-state index contributed by atoms with van der Waals surface area (Å²) in [5.41, 5.74) is 0. The van der Waals surface area contributed by atoms with Gasteiger partial charge in [0.05, 0.1) is 5.02 Å². The molecule has 100 valence electrons. The van der Waals surface area contributed by atoms with E-state index in [4.69, 9.17) is 11.6 Å². The molecule has 0 amide bonds. The number of anilines is 1. The zero-order valence-corrected chi connectivity index (χ0v) is 12.5. The summed E-state index contributed by atoms with van der Waals surface area (Å²) in [6.07, 6.45) is 5.54. The van der Waals surface area contributed by atoms with Gasteiger partial charge in [0.2, 0.25) is 0 Å². The van der Waals surface area contributed by atoms with Crippen molar-refractivity contribution in [3.05, 3.63) is 33.9 Å². The molecule has 3 rings (SSSR count). The first-order valence-electron chi connectivity index (χ1n) is 6.15. The maximum atomic E-state index is 6.27. The lowest BCUT2D eigenvalue weighted by Crippen LogP contribution is -2.35. The summed E-state index contributed by atoms with van der Waals surface area (Å²) in [4.78, 5) is 10.9. The Morgan fingerprint density at radius 3 is 3.05 bits per heavy atom. The van der Waals surface area contributed by atoms with Gasteiger partial charge in [0.25, 0.3) is 0 Å². The molecule has 1 saturated heterocycles. The average molecular weight is 343 g/mol. The minimum absolute atomic E-state index is 0.359. The fraction of sp³-hybridized carbons (Fsp3) is 0.417. The van der Waals surface area contributed by atoms with Crippen molar-refractivity contribution >= 4 is 33.3 Å². The quantitative estimate of drug-likeness (QED) is 0.911. The molecule has 0 spiro atoms. The van der Waals surface area contributed by atoms with E-state index in [9.17, 15) is 0 Å². The van der Waals surface area contributed by atoms with Gasteiger partial charge in [-0.1, -0.05) is 11.6 Å². The zero-order chi connectivity index (χ0) is 13.2. The Morgan fingerprint density at radius 2 is 2.32 bits per heavy atom. The molecule has 1 N–H and O–H groups in total. The molecule has 0 saturated carbocycles. The molecule has 19 heavy (non-hydrogen) atoms. The van der Waals surface area contributed by atoms with Crippen molar-refractivity contribution < 1.29 is 0 Å². The second-order valence-corrected chi connectivity index (χ2v) is 5.94. The SMILES string of the molecule is Clc1cc(Br)cnc1N1CCC[C@H](c2ncn[nH]2)C1. The molecule has 1 aliphatic rings. The van der Waals surface area contributed by atoms with Crippen molar-refractivity contribution in [1.82, 2.24) is 20.2 Å². The van der Waals surface area contributed by atoms with Gasteiger partial charge in [-0.25, -0.2) is 9.97 Å². The predicted molar refractivity (Wildman–Crippen MR) is 77.5 cm³/mol. The van der Waals surface area contributed by atoms with Crippen molar-refractivity contribution in [3.63, 3.8) is 0 Å². The summed E-state index contributed by atoms with van der Waals surface area (Å²) in [5.74, 6) is 2.14.